The average Bonchev–Trinajstić information content (AvgIpc) is 2.36. The predicted octanol–water partition coefficient (Wildman–Crippen LogP) is 1.17. The molecule has 0 aliphatic carbocycles. The Morgan fingerprint density at radius 2 is 2.11 bits per heavy atom. The number of aliphatic carboxylic acids is 1. The monoisotopic (exact) mass is 379 g/mol. The summed E-state index contributed by atoms with van der Waals surface area (Å²) in [7, 11) is 1.46. The number of methoxy groups -OCH3 is 1. The maximum Gasteiger partial charge on any atom is 0.323 e. The summed E-state index contributed by atoms with van der Waals surface area (Å²) in [6.07, 6.45) is 0. The smallest absolute Gasteiger partial charge is 0.323 e. The molecule has 6 nitrogen and oxygen atoms in total. The Morgan fingerprint density at radius 1 is 1.42 bits per heavy atom. The number of carboxylic acid groups (broad SMARTS) is 1. The van der Waals surface area contributed by atoms with Crippen molar-refractivity contribution in [2.75, 3.05) is 26.8 Å². The molecule has 0 bridgehead atoms. The number of hydrogen-bond donors (Lipinski definition) is 2. The highest BCUT2D eigenvalue weighted by Crippen LogP contribution is 2.21. The number of rotatable bonds is 6. The van der Waals surface area contributed by atoms with E-state index in [1.165, 1.54) is 19.2 Å². The van der Waals surface area contributed by atoms with Gasteiger partial charge in [0.1, 0.15) is 12.3 Å². The normalized spacial score (nSPS) is 10.2. The van der Waals surface area contributed by atoms with Crippen LogP contribution in [0.2, 0.25) is 0 Å². The largest absolute Gasteiger partial charge is 0.507 e. The zero-order valence-electron chi connectivity index (χ0n) is 10.3. The molecule has 0 radical (unpaired) electrons. The second-order valence-corrected chi connectivity index (χ2v) is 5.02. The molecule has 0 unspecified atom stereocenters. The van der Waals surface area contributed by atoms with Crippen LogP contribution in [0.3, 0.4) is 0 Å². The summed E-state index contributed by atoms with van der Waals surface area (Å²) in [5.41, 5.74) is 0.0873. The standard InChI is InChI=1S/C12H14INO5/c1-19-5-4-14(7-11(16)17)12(18)9-6-8(13)2-3-10(9)15/h2-3,6,15H,4-5,7H2,1H3,(H,16,17). The number of aromatic hydroxyl groups is 1. The van der Waals surface area contributed by atoms with Crippen LogP contribution >= 0.6 is 22.6 Å². The average molecular weight is 379 g/mol. The number of nitrogens with zero attached hydrogens (tertiary/aromatic N) is 1. The van der Waals surface area contributed by atoms with E-state index in [4.69, 9.17) is 9.84 Å². The zero-order valence-corrected chi connectivity index (χ0v) is 12.5. The third-order valence-electron chi connectivity index (χ3n) is 2.37. The molecule has 1 rings (SSSR count). The summed E-state index contributed by atoms with van der Waals surface area (Å²) in [5, 5.41) is 18.5. The van der Waals surface area contributed by atoms with Crippen LogP contribution in [0.15, 0.2) is 18.2 Å². The van der Waals surface area contributed by atoms with Crippen LogP contribution in [-0.2, 0) is 9.53 Å². The number of phenols is 1. The van der Waals surface area contributed by atoms with E-state index in [0.29, 0.717) is 0 Å². The first-order chi connectivity index (χ1) is 8.95. The van der Waals surface area contributed by atoms with Gasteiger partial charge < -0.3 is 19.8 Å². The van der Waals surface area contributed by atoms with E-state index in [0.717, 1.165) is 8.47 Å². The maximum atomic E-state index is 12.2. The van der Waals surface area contributed by atoms with Crippen molar-refractivity contribution in [3.05, 3.63) is 27.3 Å². The molecule has 0 saturated heterocycles. The third kappa shape index (κ3) is 4.67. The van der Waals surface area contributed by atoms with E-state index in [-0.39, 0.29) is 24.5 Å². The van der Waals surface area contributed by atoms with Crippen molar-refractivity contribution >= 4 is 34.5 Å². The van der Waals surface area contributed by atoms with Gasteiger partial charge in [0.25, 0.3) is 5.91 Å². The van der Waals surface area contributed by atoms with Gasteiger partial charge in [-0.15, -0.1) is 0 Å². The highest BCUT2D eigenvalue weighted by Gasteiger charge is 2.21. The van der Waals surface area contributed by atoms with E-state index >= 15 is 0 Å². The molecule has 0 aliphatic heterocycles. The molecular formula is C12H14INO5. The van der Waals surface area contributed by atoms with E-state index in [1.807, 2.05) is 22.6 Å². The molecule has 0 aromatic heterocycles. The number of halogens is 1. The van der Waals surface area contributed by atoms with Crippen molar-refractivity contribution in [1.29, 1.82) is 0 Å². The fourth-order valence-corrected chi connectivity index (χ4v) is 1.96. The molecule has 1 aromatic carbocycles. The van der Waals surface area contributed by atoms with E-state index in [1.54, 1.807) is 6.07 Å². The number of hydrogen-bond acceptors (Lipinski definition) is 4. The molecule has 0 atom stereocenters. The molecule has 1 amide bonds. The molecule has 0 saturated carbocycles. The Kier molecular flexibility index (Phi) is 6.03. The summed E-state index contributed by atoms with van der Waals surface area (Å²) < 4.78 is 5.62. The number of carbonyl (C=O) groups excluding carboxylic acids is 1. The molecule has 19 heavy (non-hydrogen) atoms. The van der Waals surface area contributed by atoms with Crippen molar-refractivity contribution < 1.29 is 24.5 Å². The third-order valence-corrected chi connectivity index (χ3v) is 3.04. The molecule has 7 heteroatoms. The van der Waals surface area contributed by atoms with Crippen molar-refractivity contribution in [3.63, 3.8) is 0 Å². The number of phenolic OH excluding ortho intramolecular Hbond substituents is 1. The van der Waals surface area contributed by atoms with Crippen LogP contribution in [0.5, 0.6) is 5.75 Å². The molecule has 0 aliphatic rings. The highest BCUT2D eigenvalue weighted by molar-refractivity contribution is 14.1. The van der Waals surface area contributed by atoms with Gasteiger partial charge in [0.05, 0.1) is 12.2 Å². The lowest BCUT2D eigenvalue weighted by atomic mass is 10.1. The number of benzene rings is 1. The lowest BCUT2D eigenvalue weighted by Gasteiger charge is -2.20. The van der Waals surface area contributed by atoms with Gasteiger partial charge in [-0.1, -0.05) is 0 Å². The summed E-state index contributed by atoms with van der Waals surface area (Å²) in [6, 6.07) is 4.58. The number of ether oxygens (including phenoxy) is 1. The molecular weight excluding hydrogens is 365 g/mol. The van der Waals surface area contributed by atoms with Crippen molar-refractivity contribution in [1.82, 2.24) is 4.90 Å². The summed E-state index contributed by atoms with van der Waals surface area (Å²) >= 11 is 2.01. The second-order valence-electron chi connectivity index (χ2n) is 3.77. The Morgan fingerprint density at radius 3 is 2.68 bits per heavy atom. The zero-order chi connectivity index (χ0) is 14.4. The van der Waals surface area contributed by atoms with E-state index in [2.05, 4.69) is 0 Å². The van der Waals surface area contributed by atoms with Gasteiger partial charge in [0, 0.05) is 17.2 Å². The summed E-state index contributed by atoms with van der Waals surface area (Å²) in [6.45, 7) is -0.0661. The number of amides is 1. The lowest BCUT2D eigenvalue weighted by Crippen LogP contribution is -2.38. The van der Waals surface area contributed by atoms with Crippen LogP contribution in [-0.4, -0.2) is 53.8 Å². The molecule has 0 spiro atoms. The minimum atomic E-state index is -1.12. The van der Waals surface area contributed by atoms with Crippen molar-refractivity contribution in [3.8, 4) is 5.75 Å². The van der Waals surface area contributed by atoms with Crippen molar-refractivity contribution in [2.45, 2.75) is 0 Å². The number of carboxylic acids is 1. The van der Waals surface area contributed by atoms with Crippen molar-refractivity contribution in [2.24, 2.45) is 0 Å². The Balaban J connectivity index is 2.97. The maximum absolute atomic E-state index is 12.2. The SMILES string of the molecule is COCCN(CC(=O)O)C(=O)c1cc(I)ccc1O. The predicted molar refractivity (Wildman–Crippen MR) is 76.2 cm³/mol. The van der Waals surface area contributed by atoms with Gasteiger partial charge in [-0.2, -0.15) is 0 Å². The van der Waals surface area contributed by atoms with Crippen LogP contribution in [0, 0.1) is 3.57 Å². The second kappa shape index (κ2) is 7.29. The summed E-state index contributed by atoms with van der Waals surface area (Å²) in [5.74, 6) is -1.82. The van der Waals surface area contributed by atoms with Crippen LogP contribution in [0.25, 0.3) is 0 Å². The molecule has 2 N–H and O–H groups in total. The quantitative estimate of drug-likeness (QED) is 0.725. The fourth-order valence-electron chi connectivity index (χ4n) is 1.47. The van der Waals surface area contributed by atoms with Gasteiger partial charge >= 0.3 is 5.97 Å². The first kappa shape index (κ1) is 15.7. The highest BCUT2D eigenvalue weighted by atomic mass is 127. The topological polar surface area (TPSA) is 87.1 Å². The molecule has 0 heterocycles. The first-order valence-corrected chi connectivity index (χ1v) is 6.52. The Labute approximate surface area is 124 Å². The summed E-state index contributed by atoms with van der Waals surface area (Å²) in [4.78, 5) is 24.1. The molecule has 0 fully saturated rings. The molecule has 1 aromatic rings. The Bertz CT molecular complexity index is 477. The van der Waals surface area contributed by atoms with Crippen LogP contribution in [0.1, 0.15) is 10.4 Å². The minimum absolute atomic E-state index is 0.0873. The van der Waals surface area contributed by atoms with Crippen LogP contribution < -0.4 is 0 Å². The van der Waals surface area contributed by atoms with Gasteiger partial charge in [-0.05, 0) is 40.8 Å². The van der Waals surface area contributed by atoms with Gasteiger partial charge in [0.2, 0.25) is 0 Å². The lowest BCUT2D eigenvalue weighted by molar-refractivity contribution is -0.137. The first-order valence-electron chi connectivity index (χ1n) is 5.44. The Hall–Kier alpha value is -1.35. The number of carbonyl (C=O) groups is 2. The van der Waals surface area contributed by atoms with Gasteiger partial charge in [0.15, 0.2) is 0 Å². The fraction of sp³-hybridized carbons (Fsp3) is 0.333. The van der Waals surface area contributed by atoms with E-state index in [9.17, 15) is 14.7 Å². The van der Waals surface area contributed by atoms with E-state index < -0.39 is 18.4 Å². The molecule has 104 valence electrons. The van der Waals surface area contributed by atoms with Gasteiger partial charge in [-0.3, -0.25) is 9.59 Å². The van der Waals surface area contributed by atoms with Crippen LogP contribution in [0.4, 0.5) is 0 Å². The van der Waals surface area contributed by atoms with Gasteiger partial charge in [-0.25, -0.2) is 0 Å². The minimum Gasteiger partial charge on any atom is -0.507 e.